The molecule has 2 aromatic rings. The summed E-state index contributed by atoms with van der Waals surface area (Å²) in [7, 11) is 0. The molecular weight excluding hydrogens is 392 g/mol. The Labute approximate surface area is 182 Å². The number of rotatable bonds is 6. The molecule has 0 bridgehead atoms. The number of amides is 1. The smallest absolute Gasteiger partial charge is 0.239 e. The molecule has 4 N–H and O–H groups in total. The van der Waals surface area contributed by atoms with Crippen molar-refractivity contribution in [3.63, 3.8) is 0 Å². The minimum Gasteiger partial charge on any atom is -0.367 e. The van der Waals surface area contributed by atoms with Crippen LogP contribution in [0.4, 0.5) is 5.69 Å². The van der Waals surface area contributed by atoms with Gasteiger partial charge in [-0.05, 0) is 25.5 Å². The van der Waals surface area contributed by atoms with E-state index in [4.69, 9.17) is 11.5 Å². The van der Waals surface area contributed by atoms with Crippen molar-refractivity contribution >= 4 is 23.2 Å². The number of hydrogen-bond donors (Lipinski definition) is 2. The zero-order valence-electron chi connectivity index (χ0n) is 17.5. The number of piperazine rings is 1. The third-order valence-electron chi connectivity index (χ3n) is 6.15. The summed E-state index contributed by atoms with van der Waals surface area (Å²) in [6, 6.07) is 11.9. The molecule has 4 rings (SSSR count). The van der Waals surface area contributed by atoms with Crippen molar-refractivity contribution < 1.29 is 14.4 Å². The van der Waals surface area contributed by atoms with Crippen LogP contribution >= 0.6 is 0 Å². The number of anilines is 1. The summed E-state index contributed by atoms with van der Waals surface area (Å²) in [4.78, 5) is 42.7. The highest BCUT2D eigenvalue weighted by molar-refractivity contribution is 6.30. The van der Waals surface area contributed by atoms with E-state index in [1.54, 1.807) is 35.2 Å². The van der Waals surface area contributed by atoms with Gasteiger partial charge in [0.1, 0.15) is 0 Å². The molecule has 2 aromatic carbocycles. The van der Waals surface area contributed by atoms with Crippen molar-refractivity contribution in [3.05, 3.63) is 64.7 Å². The number of carbonyl (C=O) groups is 3. The van der Waals surface area contributed by atoms with Crippen molar-refractivity contribution in [2.45, 2.75) is 25.3 Å². The zero-order chi connectivity index (χ0) is 22.0. The highest BCUT2D eigenvalue weighted by Gasteiger charge is 2.34. The molecule has 162 valence electrons. The molecule has 0 spiro atoms. The normalized spacial score (nSPS) is 16.7. The number of ketones is 2. The second-order valence-electron chi connectivity index (χ2n) is 8.11. The van der Waals surface area contributed by atoms with Crippen LogP contribution in [0.5, 0.6) is 0 Å². The van der Waals surface area contributed by atoms with Gasteiger partial charge in [0.15, 0.2) is 11.6 Å². The summed E-state index contributed by atoms with van der Waals surface area (Å²) in [6.07, 6.45) is 2.35. The van der Waals surface area contributed by atoms with Gasteiger partial charge >= 0.3 is 0 Å². The molecule has 0 saturated carbocycles. The Balaban J connectivity index is 1.50. The topological polar surface area (TPSA) is 110 Å². The molecule has 0 unspecified atom stereocenters. The van der Waals surface area contributed by atoms with Crippen LogP contribution in [0.3, 0.4) is 0 Å². The standard InChI is InChI=1S/C24H28N4O3/c25-11-4-3-9-19(26)24(31)28-14-12-27(13-15-28)20-10-5-8-18-21(20)23(30)17-7-2-1-6-16(17)22(18)29/h1-2,5-8,10,19H,3-4,9,11-15,25-26H2/t19-/m0/s1. The van der Waals surface area contributed by atoms with Crippen LogP contribution in [-0.4, -0.2) is 61.1 Å². The average molecular weight is 421 g/mol. The molecule has 1 fully saturated rings. The lowest BCUT2D eigenvalue weighted by Gasteiger charge is -2.38. The molecular formula is C24H28N4O3. The van der Waals surface area contributed by atoms with E-state index in [0.29, 0.717) is 61.4 Å². The third-order valence-corrected chi connectivity index (χ3v) is 6.15. The predicted octanol–water partition coefficient (Wildman–Crippen LogP) is 1.57. The van der Waals surface area contributed by atoms with Crippen LogP contribution in [0, 0.1) is 0 Å². The molecule has 1 saturated heterocycles. The summed E-state index contributed by atoms with van der Waals surface area (Å²) in [5.74, 6) is -0.280. The van der Waals surface area contributed by atoms with Crippen molar-refractivity contribution in [1.82, 2.24) is 4.90 Å². The molecule has 31 heavy (non-hydrogen) atoms. The first-order valence-corrected chi connectivity index (χ1v) is 10.8. The average Bonchev–Trinajstić information content (AvgIpc) is 2.82. The second-order valence-corrected chi connectivity index (χ2v) is 8.11. The third kappa shape index (κ3) is 3.98. The molecule has 7 nitrogen and oxygen atoms in total. The van der Waals surface area contributed by atoms with Crippen molar-refractivity contribution in [1.29, 1.82) is 0 Å². The lowest BCUT2D eigenvalue weighted by Crippen LogP contribution is -2.53. The van der Waals surface area contributed by atoms with E-state index in [1.165, 1.54) is 0 Å². The maximum atomic E-state index is 13.2. The molecule has 0 aromatic heterocycles. The minimum absolute atomic E-state index is 0.0352. The van der Waals surface area contributed by atoms with Gasteiger partial charge in [-0.2, -0.15) is 0 Å². The summed E-state index contributed by atoms with van der Waals surface area (Å²) >= 11 is 0. The van der Waals surface area contributed by atoms with Crippen molar-refractivity contribution in [2.75, 3.05) is 37.6 Å². The highest BCUT2D eigenvalue weighted by Crippen LogP contribution is 2.34. The lowest BCUT2D eigenvalue weighted by atomic mass is 9.83. The maximum Gasteiger partial charge on any atom is 0.239 e. The van der Waals surface area contributed by atoms with Gasteiger partial charge < -0.3 is 21.3 Å². The first-order chi connectivity index (χ1) is 15.0. The van der Waals surface area contributed by atoms with E-state index >= 15 is 0 Å². The quantitative estimate of drug-likeness (QED) is 0.586. The Bertz CT molecular complexity index is 1010. The zero-order valence-corrected chi connectivity index (χ0v) is 17.5. The highest BCUT2D eigenvalue weighted by atomic mass is 16.2. The maximum absolute atomic E-state index is 13.2. The number of benzene rings is 2. The Morgan fingerprint density at radius 1 is 0.871 bits per heavy atom. The van der Waals surface area contributed by atoms with E-state index in [0.717, 1.165) is 18.5 Å². The number of fused-ring (bicyclic) bond motifs is 2. The fourth-order valence-corrected chi connectivity index (χ4v) is 4.42. The molecule has 7 heteroatoms. The van der Waals surface area contributed by atoms with Gasteiger partial charge in [0, 0.05) is 48.6 Å². The molecule has 1 atom stereocenters. The lowest BCUT2D eigenvalue weighted by molar-refractivity contribution is -0.133. The molecule has 1 aliphatic heterocycles. The second kappa shape index (κ2) is 8.99. The number of carbonyl (C=O) groups excluding carboxylic acids is 3. The van der Waals surface area contributed by atoms with Crippen LogP contribution in [0.15, 0.2) is 42.5 Å². The summed E-state index contributed by atoms with van der Waals surface area (Å²) in [5.41, 5.74) is 14.2. The van der Waals surface area contributed by atoms with Crippen LogP contribution < -0.4 is 16.4 Å². The molecule has 2 aliphatic rings. The minimum atomic E-state index is -0.502. The monoisotopic (exact) mass is 420 g/mol. The van der Waals surface area contributed by atoms with Crippen LogP contribution in [0.2, 0.25) is 0 Å². The van der Waals surface area contributed by atoms with E-state index < -0.39 is 6.04 Å². The number of unbranched alkanes of at least 4 members (excludes halogenated alkanes) is 1. The Kier molecular flexibility index (Phi) is 6.15. The SMILES string of the molecule is NCCCC[C@H](N)C(=O)N1CCN(c2cccc3c2C(=O)c2ccccc2C3=O)CC1. The van der Waals surface area contributed by atoms with E-state index in [1.807, 2.05) is 12.1 Å². The van der Waals surface area contributed by atoms with Gasteiger partial charge in [0.05, 0.1) is 11.6 Å². The van der Waals surface area contributed by atoms with E-state index in [-0.39, 0.29) is 17.5 Å². The van der Waals surface area contributed by atoms with Gasteiger partial charge in [0.25, 0.3) is 0 Å². The van der Waals surface area contributed by atoms with Gasteiger partial charge in [-0.1, -0.05) is 42.8 Å². The van der Waals surface area contributed by atoms with Crippen LogP contribution in [0.1, 0.15) is 51.1 Å². The van der Waals surface area contributed by atoms with Gasteiger partial charge in [-0.15, -0.1) is 0 Å². The molecule has 1 heterocycles. The van der Waals surface area contributed by atoms with Crippen molar-refractivity contribution in [3.8, 4) is 0 Å². The fraction of sp³-hybridized carbons (Fsp3) is 0.375. The largest absolute Gasteiger partial charge is 0.367 e. The van der Waals surface area contributed by atoms with Gasteiger partial charge in [0.2, 0.25) is 5.91 Å². The van der Waals surface area contributed by atoms with E-state index in [9.17, 15) is 14.4 Å². The number of nitrogens with two attached hydrogens (primary N) is 2. The van der Waals surface area contributed by atoms with Gasteiger partial charge in [-0.25, -0.2) is 0 Å². The Hall–Kier alpha value is -3.03. The molecule has 1 amide bonds. The van der Waals surface area contributed by atoms with Crippen molar-refractivity contribution in [2.24, 2.45) is 11.5 Å². The number of nitrogens with zero attached hydrogens (tertiary/aromatic N) is 2. The Morgan fingerprint density at radius 3 is 2.19 bits per heavy atom. The fourth-order valence-electron chi connectivity index (χ4n) is 4.42. The number of hydrogen-bond acceptors (Lipinski definition) is 6. The summed E-state index contributed by atoms with van der Waals surface area (Å²) < 4.78 is 0. The van der Waals surface area contributed by atoms with Gasteiger partial charge in [-0.3, -0.25) is 14.4 Å². The first kappa shape index (κ1) is 21.2. The molecule has 1 aliphatic carbocycles. The van der Waals surface area contributed by atoms with E-state index in [2.05, 4.69) is 4.90 Å². The molecule has 0 radical (unpaired) electrons. The summed E-state index contributed by atoms with van der Waals surface area (Å²) in [6.45, 7) is 2.84. The summed E-state index contributed by atoms with van der Waals surface area (Å²) in [5, 5.41) is 0. The first-order valence-electron chi connectivity index (χ1n) is 10.8. The predicted molar refractivity (Wildman–Crippen MR) is 119 cm³/mol. The van der Waals surface area contributed by atoms with Crippen LogP contribution in [-0.2, 0) is 4.79 Å². The van der Waals surface area contributed by atoms with Crippen LogP contribution in [0.25, 0.3) is 0 Å². The Morgan fingerprint density at radius 2 is 1.52 bits per heavy atom.